The van der Waals surface area contributed by atoms with Crippen molar-refractivity contribution in [2.45, 2.75) is 19.0 Å². The van der Waals surface area contributed by atoms with E-state index in [0.717, 1.165) is 37.6 Å². The van der Waals surface area contributed by atoms with Gasteiger partial charge in [-0.25, -0.2) is 0 Å². The van der Waals surface area contributed by atoms with E-state index in [1.165, 1.54) is 11.1 Å². The molecule has 3 rings (SSSR count). The summed E-state index contributed by atoms with van der Waals surface area (Å²) in [6.07, 6.45) is 1.08. The van der Waals surface area contributed by atoms with Crippen molar-refractivity contribution in [2.24, 2.45) is 0 Å². The largest absolute Gasteiger partial charge is 0.311 e. The summed E-state index contributed by atoms with van der Waals surface area (Å²) in [5.41, 5.74) is 2.62. The van der Waals surface area contributed by atoms with Gasteiger partial charge < -0.3 is 5.32 Å². The molecule has 0 saturated carbocycles. The summed E-state index contributed by atoms with van der Waals surface area (Å²) in [5, 5.41) is 4.49. The molecule has 1 aliphatic heterocycles. The Bertz CT molecular complexity index is 570. The van der Waals surface area contributed by atoms with E-state index in [1.54, 1.807) is 0 Å². The first-order chi connectivity index (χ1) is 10.3. The molecule has 0 aliphatic carbocycles. The summed E-state index contributed by atoms with van der Waals surface area (Å²) in [7, 11) is 0. The number of nitrogens with zero attached hydrogens (tertiary/aromatic N) is 1. The van der Waals surface area contributed by atoms with Gasteiger partial charge >= 0.3 is 0 Å². The van der Waals surface area contributed by atoms with Gasteiger partial charge in [-0.1, -0.05) is 60.1 Å². The first-order valence-corrected chi connectivity index (χ1v) is 7.92. The Labute approximate surface area is 131 Å². The lowest BCUT2D eigenvalue weighted by Crippen LogP contribution is -2.51. The van der Waals surface area contributed by atoms with Crippen molar-refractivity contribution in [3.63, 3.8) is 0 Å². The molecule has 110 valence electrons. The van der Waals surface area contributed by atoms with Crippen molar-refractivity contribution in [1.82, 2.24) is 10.2 Å². The molecule has 0 amide bonds. The topological polar surface area (TPSA) is 15.3 Å². The molecule has 2 aromatic rings. The molecule has 21 heavy (non-hydrogen) atoms. The van der Waals surface area contributed by atoms with E-state index in [0.29, 0.717) is 6.04 Å². The third-order valence-electron chi connectivity index (χ3n) is 4.02. The Balaban J connectivity index is 1.60. The van der Waals surface area contributed by atoms with Gasteiger partial charge in [0, 0.05) is 37.2 Å². The maximum Gasteiger partial charge on any atom is 0.0451 e. The molecular weight excluding hydrogens is 280 g/mol. The van der Waals surface area contributed by atoms with Crippen molar-refractivity contribution in [3.05, 3.63) is 70.7 Å². The van der Waals surface area contributed by atoms with Crippen LogP contribution in [-0.4, -0.2) is 30.6 Å². The third-order valence-corrected chi connectivity index (χ3v) is 4.39. The van der Waals surface area contributed by atoms with Gasteiger partial charge in [0.1, 0.15) is 0 Å². The van der Waals surface area contributed by atoms with E-state index in [9.17, 15) is 0 Å². The monoisotopic (exact) mass is 300 g/mol. The highest BCUT2D eigenvalue weighted by atomic mass is 35.5. The molecule has 0 spiro atoms. The zero-order valence-corrected chi connectivity index (χ0v) is 12.9. The van der Waals surface area contributed by atoms with Gasteiger partial charge in [-0.3, -0.25) is 4.90 Å². The fourth-order valence-corrected chi connectivity index (χ4v) is 3.14. The number of nitrogens with one attached hydrogen (secondary N) is 1. The van der Waals surface area contributed by atoms with Crippen molar-refractivity contribution in [2.75, 3.05) is 19.6 Å². The van der Waals surface area contributed by atoms with Crippen LogP contribution in [0.5, 0.6) is 0 Å². The van der Waals surface area contributed by atoms with E-state index in [1.807, 2.05) is 12.1 Å². The van der Waals surface area contributed by atoms with Crippen LogP contribution in [0.3, 0.4) is 0 Å². The Kier molecular flexibility index (Phi) is 4.91. The van der Waals surface area contributed by atoms with Gasteiger partial charge in [0.05, 0.1) is 0 Å². The quantitative estimate of drug-likeness (QED) is 0.931. The number of hydrogen-bond donors (Lipinski definition) is 1. The molecule has 0 radical (unpaired) electrons. The zero-order valence-electron chi connectivity index (χ0n) is 12.1. The second kappa shape index (κ2) is 7.08. The van der Waals surface area contributed by atoms with Crippen LogP contribution < -0.4 is 5.32 Å². The SMILES string of the molecule is Clc1ccccc1CN1CCNC(Cc2ccccc2)C1. The van der Waals surface area contributed by atoms with E-state index in [4.69, 9.17) is 11.6 Å². The number of rotatable bonds is 4. The second-order valence-corrected chi connectivity index (χ2v) is 6.07. The fourth-order valence-electron chi connectivity index (χ4n) is 2.94. The number of halogens is 1. The zero-order chi connectivity index (χ0) is 14.5. The van der Waals surface area contributed by atoms with E-state index in [-0.39, 0.29) is 0 Å². The maximum atomic E-state index is 6.27. The molecule has 2 nitrogen and oxygen atoms in total. The highest BCUT2D eigenvalue weighted by Gasteiger charge is 2.20. The van der Waals surface area contributed by atoms with Gasteiger partial charge in [0.15, 0.2) is 0 Å². The van der Waals surface area contributed by atoms with E-state index in [2.05, 4.69) is 52.7 Å². The minimum atomic E-state index is 0.517. The Morgan fingerprint density at radius 3 is 2.62 bits per heavy atom. The van der Waals surface area contributed by atoms with Gasteiger partial charge in [0.2, 0.25) is 0 Å². The molecular formula is C18H21ClN2. The van der Waals surface area contributed by atoms with Crippen LogP contribution in [0.4, 0.5) is 0 Å². The predicted molar refractivity (Wildman–Crippen MR) is 88.7 cm³/mol. The normalized spacial score (nSPS) is 19.6. The van der Waals surface area contributed by atoms with E-state index < -0.39 is 0 Å². The summed E-state index contributed by atoms with van der Waals surface area (Å²) in [6.45, 7) is 4.13. The molecule has 3 heteroatoms. The van der Waals surface area contributed by atoms with Crippen molar-refractivity contribution in [3.8, 4) is 0 Å². The minimum Gasteiger partial charge on any atom is -0.311 e. The second-order valence-electron chi connectivity index (χ2n) is 5.67. The summed E-state index contributed by atoms with van der Waals surface area (Å²) >= 11 is 6.27. The molecule has 1 heterocycles. The summed E-state index contributed by atoms with van der Waals surface area (Å²) < 4.78 is 0. The Hall–Kier alpha value is -1.35. The molecule has 2 aromatic carbocycles. The standard InChI is InChI=1S/C18H21ClN2/c19-18-9-5-4-8-16(18)13-21-11-10-20-17(14-21)12-15-6-2-1-3-7-15/h1-9,17,20H,10-14H2. The fraction of sp³-hybridized carbons (Fsp3) is 0.333. The van der Waals surface area contributed by atoms with Gasteiger partial charge in [-0.05, 0) is 23.6 Å². The van der Waals surface area contributed by atoms with Crippen LogP contribution in [0.25, 0.3) is 0 Å². The Morgan fingerprint density at radius 1 is 1.05 bits per heavy atom. The molecule has 1 fully saturated rings. The van der Waals surface area contributed by atoms with Gasteiger partial charge in [-0.15, -0.1) is 0 Å². The minimum absolute atomic E-state index is 0.517. The average molecular weight is 301 g/mol. The summed E-state index contributed by atoms with van der Waals surface area (Å²) in [4.78, 5) is 2.49. The van der Waals surface area contributed by atoms with Crippen LogP contribution in [0.15, 0.2) is 54.6 Å². The van der Waals surface area contributed by atoms with Crippen LogP contribution in [0, 0.1) is 0 Å². The van der Waals surface area contributed by atoms with Crippen LogP contribution in [0.1, 0.15) is 11.1 Å². The lowest BCUT2D eigenvalue weighted by atomic mass is 10.0. The molecule has 0 bridgehead atoms. The van der Waals surface area contributed by atoms with E-state index >= 15 is 0 Å². The Morgan fingerprint density at radius 2 is 1.81 bits per heavy atom. The number of benzene rings is 2. The molecule has 1 N–H and O–H groups in total. The third kappa shape index (κ3) is 4.07. The van der Waals surface area contributed by atoms with Crippen molar-refractivity contribution in [1.29, 1.82) is 0 Å². The van der Waals surface area contributed by atoms with Crippen LogP contribution in [0.2, 0.25) is 5.02 Å². The van der Waals surface area contributed by atoms with Crippen molar-refractivity contribution < 1.29 is 0 Å². The molecule has 1 aliphatic rings. The van der Waals surface area contributed by atoms with Gasteiger partial charge in [-0.2, -0.15) is 0 Å². The number of hydrogen-bond acceptors (Lipinski definition) is 2. The highest BCUT2D eigenvalue weighted by Crippen LogP contribution is 2.18. The first kappa shape index (κ1) is 14.6. The maximum absolute atomic E-state index is 6.27. The van der Waals surface area contributed by atoms with Crippen LogP contribution >= 0.6 is 11.6 Å². The molecule has 1 atom stereocenters. The molecule has 0 aromatic heterocycles. The smallest absolute Gasteiger partial charge is 0.0451 e. The predicted octanol–water partition coefficient (Wildman–Crippen LogP) is 3.36. The highest BCUT2D eigenvalue weighted by molar-refractivity contribution is 6.31. The van der Waals surface area contributed by atoms with Crippen LogP contribution in [-0.2, 0) is 13.0 Å². The van der Waals surface area contributed by atoms with Crippen molar-refractivity contribution >= 4 is 11.6 Å². The average Bonchev–Trinajstić information content (AvgIpc) is 2.51. The van der Waals surface area contributed by atoms with Gasteiger partial charge in [0.25, 0.3) is 0 Å². The number of piperazine rings is 1. The molecule has 1 unspecified atom stereocenters. The summed E-state index contributed by atoms with van der Waals surface area (Å²) in [5.74, 6) is 0. The lowest BCUT2D eigenvalue weighted by molar-refractivity contribution is 0.192. The molecule has 1 saturated heterocycles. The summed E-state index contributed by atoms with van der Waals surface area (Å²) in [6, 6.07) is 19.4. The first-order valence-electron chi connectivity index (χ1n) is 7.54. The lowest BCUT2D eigenvalue weighted by Gasteiger charge is -2.34.